The van der Waals surface area contributed by atoms with E-state index >= 15 is 0 Å². The van der Waals surface area contributed by atoms with E-state index in [1.807, 2.05) is 69.3 Å². The van der Waals surface area contributed by atoms with Crippen molar-refractivity contribution in [2.45, 2.75) is 51.6 Å². The second kappa shape index (κ2) is 12.6. The molecule has 0 saturated carbocycles. The summed E-state index contributed by atoms with van der Waals surface area (Å²) < 4.78 is 5.22. The predicted molar refractivity (Wildman–Crippen MR) is 129 cm³/mol. The summed E-state index contributed by atoms with van der Waals surface area (Å²) in [4.78, 5) is 27.7. The third-order valence-corrected chi connectivity index (χ3v) is 6.10. The van der Waals surface area contributed by atoms with E-state index in [2.05, 4.69) is 5.32 Å². The maximum absolute atomic E-state index is 13.2. The molecule has 1 N–H and O–H groups in total. The Morgan fingerprint density at radius 3 is 2.39 bits per heavy atom. The first-order chi connectivity index (χ1) is 14.8. The van der Waals surface area contributed by atoms with E-state index in [0.717, 1.165) is 16.9 Å². The highest BCUT2D eigenvalue weighted by atomic mass is 35.5. The highest BCUT2D eigenvalue weighted by Crippen LogP contribution is 2.22. The largest absolute Gasteiger partial charge is 0.497 e. The number of methoxy groups -OCH3 is 1. The summed E-state index contributed by atoms with van der Waals surface area (Å²) in [7, 11) is 1.62. The molecule has 168 valence electrons. The molecule has 0 aliphatic heterocycles. The molecule has 0 radical (unpaired) electrons. The fraction of sp³-hybridized carbons (Fsp3) is 0.417. The molecular weight excluding hydrogens is 432 g/mol. The van der Waals surface area contributed by atoms with Crippen molar-refractivity contribution in [3.63, 3.8) is 0 Å². The van der Waals surface area contributed by atoms with Crippen molar-refractivity contribution >= 4 is 35.2 Å². The first kappa shape index (κ1) is 25.1. The molecule has 1 atom stereocenters. The average molecular weight is 463 g/mol. The van der Waals surface area contributed by atoms with Crippen LogP contribution in [0.1, 0.15) is 38.3 Å². The number of hydrogen-bond acceptors (Lipinski definition) is 4. The van der Waals surface area contributed by atoms with Crippen LogP contribution in [0.2, 0.25) is 5.02 Å². The summed E-state index contributed by atoms with van der Waals surface area (Å²) >= 11 is 7.72. The van der Waals surface area contributed by atoms with Crippen LogP contribution in [0.3, 0.4) is 0 Å². The SMILES string of the molecule is CC[C@@H](C(=O)NC(C)C)N(Cc1ccc(OC)cc1)C(=O)CSCc1ccccc1Cl. The molecule has 2 aromatic rings. The Balaban J connectivity index is 2.14. The van der Waals surface area contributed by atoms with E-state index in [9.17, 15) is 9.59 Å². The summed E-state index contributed by atoms with van der Waals surface area (Å²) in [6.45, 7) is 6.12. The number of benzene rings is 2. The van der Waals surface area contributed by atoms with Gasteiger partial charge in [-0.3, -0.25) is 9.59 Å². The van der Waals surface area contributed by atoms with Crippen LogP contribution in [0, 0.1) is 0 Å². The Morgan fingerprint density at radius 2 is 1.81 bits per heavy atom. The van der Waals surface area contributed by atoms with Gasteiger partial charge < -0.3 is 15.0 Å². The van der Waals surface area contributed by atoms with Gasteiger partial charge in [0.15, 0.2) is 0 Å². The van der Waals surface area contributed by atoms with Gasteiger partial charge in [-0.15, -0.1) is 11.8 Å². The van der Waals surface area contributed by atoms with Gasteiger partial charge >= 0.3 is 0 Å². The third-order valence-electron chi connectivity index (χ3n) is 4.77. The normalized spacial score (nSPS) is 11.8. The number of hydrogen-bond donors (Lipinski definition) is 1. The zero-order chi connectivity index (χ0) is 22.8. The minimum Gasteiger partial charge on any atom is -0.497 e. The summed E-state index contributed by atoms with van der Waals surface area (Å²) in [6, 6.07) is 14.7. The van der Waals surface area contributed by atoms with Crippen LogP contribution in [-0.2, 0) is 21.9 Å². The van der Waals surface area contributed by atoms with Crippen molar-refractivity contribution < 1.29 is 14.3 Å². The van der Waals surface area contributed by atoms with Crippen molar-refractivity contribution in [2.75, 3.05) is 12.9 Å². The second-order valence-corrected chi connectivity index (χ2v) is 8.93. The summed E-state index contributed by atoms with van der Waals surface area (Å²) in [6.07, 6.45) is 0.537. The molecule has 2 amide bonds. The molecule has 0 aliphatic carbocycles. The molecule has 5 nitrogen and oxygen atoms in total. The lowest BCUT2D eigenvalue weighted by atomic mass is 10.1. The number of thioether (sulfide) groups is 1. The van der Waals surface area contributed by atoms with Crippen molar-refractivity contribution in [2.24, 2.45) is 0 Å². The number of carbonyl (C=O) groups excluding carboxylic acids is 2. The molecule has 2 aromatic carbocycles. The number of rotatable bonds is 11. The molecule has 0 bridgehead atoms. The molecule has 7 heteroatoms. The molecule has 0 heterocycles. The van der Waals surface area contributed by atoms with E-state index in [-0.39, 0.29) is 23.6 Å². The Bertz CT molecular complexity index is 858. The molecule has 2 rings (SSSR count). The second-order valence-electron chi connectivity index (χ2n) is 7.54. The minimum absolute atomic E-state index is 0.00841. The van der Waals surface area contributed by atoms with Gasteiger partial charge in [0.1, 0.15) is 11.8 Å². The Hall–Kier alpha value is -2.18. The highest BCUT2D eigenvalue weighted by Gasteiger charge is 2.28. The van der Waals surface area contributed by atoms with Crippen molar-refractivity contribution in [1.82, 2.24) is 10.2 Å². The molecule has 0 aliphatic rings. The Kier molecular flexibility index (Phi) is 10.2. The fourth-order valence-electron chi connectivity index (χ4n) is 3.17. The summed E-state index contributed by atoms with van der Waals surface area (Å²) in [5.74, 6) is 1.46. The van der Waals surface area contributed by atoms with E-state index in [1.54, 1.807) is 12.0 Å². The number of amides is 2. The fourth-order valence-corrected chi connectivity index (χ4v) is 4.37. The zero-order valence-electron chi connectivity index (χ0n) is 18.6. The molecule has 31 heavy (non-hydrogen) atoms. The standard InChI is InChI=1S/C24H31ClN2O3S/c1-5-22(24(29)26-17(2)3)27(14-18-10-12-20(30-4)13-11-18)23(28)16-31-15-19-8-6-7-9-21(19)25/h6-13,17,22H,5,14-16H2,1-4H3,(H,26,29)/t22-/m0/s1. The number of halogens is 1. The quantitative estimate of drug-likeness (QED) is 0.515. The molecule has 0 saturated heterocycles. The van der Waals surface area contributed by atoms with E-state index in [0.29, 0.717) is 23.7 Å². The first-order valence-corrected chi connectivity index (χ1v) is 11.9. The van der Waals surface area contributed by atoms with E-state index in [4.69, 9.17) is 16.3 Å². The topological polar surface area (TPSA) is 58.6 Å². The smallest absolute Gasteiger partial charge is 0.243 e. The van der Waals surface area contributed by atoms with Gasteiger partial charge in [0.05, 0.1) is 12.9 Å². The van der Waals surface area contributed by atoms with Crippen LogP contribution >= 0.6 is 23.4 Å². The number of nitrogens with one attached hydrogen (secondary N) is 1. The first-order valence-electron chi connectivity index (χ1n) is 10.4. The van der Waals surface area contributed by atoms with Crippen molar-refractivity contribution in [3.8, 4) is 5.75 Å². The molecule has 0 aromatic heterocycles. The van der Waals surface area contributed by atoms with Gasteiger partial charge in [0.2, 0.25) is 11.8 Å². The molecule has 0 fully saturated rings. The Labute approximate surface area is 194 Å². The van der Waals surface area contributed by atoms with Crippen molar-refractivity contribution in [1.29, 1.82) is 0 Å². The minimum atomic E-state index is -0.530. The van der Waals surface area contributed by atoms with Crippen LogP contribution < -0.4 is 10.1 Å². The van der Waals surface area contributed by atoms with E-state index < -0.39 is 6.04 Å². The summed E-state index contributed by atoms with van der Waals surface area (Å²) in [5, 5.41) is 3.64. The Morgan fingerprint density at radius 1 is 1.13 bits per heavy atom. The lowest BCUT2D eigenvalue weighted by Gasteiger charge is -2.31. The maximum Gasteiger partial charge on any atom is 0.243 e. The predicted octanol–water partition coefficient (Wildman–Crippen LogP) is 4.91. The van der Waals surface area contributed by atoms with Gasteiger partial charge in [0, 0.05) is 23.4 Å². The van der Waals surface area contributed by atoms with Gasteiger partial charge in [-0.05, 0) is 49.6 Å². The number of ether oxygens (including phenoxy) is 1. The monoisotopic (exact) mass is 462 g/mol. The van der Waals surface area contributed by atoms with Crippen LogP contribution in [0.15, 0.2) is 48.5 Å². The molecule has 0 spiro atoms. The lowest BCUT2D eigenvalue weighted by molar-refractivity contribution is -0.139. The van der Waals surface area contributed by atoms with Crippen LogP contribution in [0.25, 0.3) is 0 Å². The molecule has 0 unspecified atom stereocenters. The van der Waals surface area contributed by atoms with Crippen LogP contribution in [0.5, 0.6) is 5.75 Å². The van der Waals surface area contributed by atoms with Gasteiger partial charge in [-0.25, -0.2) is 0 Å². The van der Waals surface area contributed by atoms with Gasteiger partial charge in [0.25, 0.3) is 0 Å². The number of carbonyl (C=O) groups is 2. The number of nitrogens with zero attached hydrogens (tertiary/aromatic N) is 1. The van der Waals surface area contributed by atoms with Crippen LogP contribution in [0.4, 0.5) is 0 Å². The lowest BCUT2D eigenvalue weighted by Crippen LogP contribution is -2.50. The third kappa shape index (κ3) is 7.78. The van der Waals surface area contributed by atoms with Crippen LogP contribution in [-0.4, -0.2) is 41.7 Å². The highest BCUT2D eigenvalue weighted by molar-refractivity contribution is 7.99. The van der Waals surface area contributed by atoms with Crippen molar-refractivity contribution in [3.05, 3.63) is 64.7 Å². The average Bonchev–Trinajstić information content (AvgIpc) is 2.74. The zero-order valence-corrected chi connectivity index (χ0v) is 20.1. The molecular formula is C24H31ClN2O3S. The van der Waals surface area contributed by atoms with Gasteiger partial charge in [-0.2, -0.15) is 0 Å². The summed E-state index contributed by atoms with van der Waals surface area (Å²) in [5.41, 5.74) is 1.94. The van der Waals surface area contributed by atoms with E-state index in [1.165, 1.54) is 11.8 Å². The van der Waals surface area contributed by atoms with Gasteiger partial charge in [-0.1, -0.05) is 48.9 Å². The maximum atomic E-state index is 13.2.